The number of ether oxygens (including phenoxy) is 1. The number of anilines is 2. The van der Waals surface area contributed by atoms with Crippen molar-refractivity contribution in [1.29, 1.82) is 0 Å². The molecule has 0 saturated carbocycles. The Morgan fingerprint density at radius 3 is 2.47 bits per heavy atom. The fourth-order valence-electron chi connectivity index (χ4n) is 3.95. The molecular formula is C23H30N6O2S. The molecule has 0 radical (unpaired) electrons. The van der Waals surface area contributed by atoms with E-state index in [-0.39, 0.29) is 5.03 Å². The molecule has 1 saturated heterocycles. The van der Waals surface area contributed by atoms with Crippen molar-refractivity contribution < 1.29 is 8.95 Å². The van der Waals surface area contributed by atoms with Crippen LogP contribution in [0.5, 0.6) is 0 Å². The topological polar surface area (TPSA) is 100 Å². The first-order valence-corrected chi connectivity index (χ1v) is 12.0. The van der Waals surface area contributed by atoms with Crippen molar-refractivity contribution in [3.05, 3.63) is 64.9 Å². The summed E-state index contributed by atoms with van der Waals surface area (Å²) < 4.78 is 18.6. The highest BCUT2D eigenvalue weighted by molar-refractivity contribution is 7.89. The lowest BCUT2D eigenvalue weighted by molar-refractivity contribution is 0.122. The third kappa shape index (κ3) is 4.23. The zero-order chi connectivity index (χ0) is 22.7. The van der Waals surface area contributed by atoms with Gasteiger partial charge in [0, 0.05) is 42.3 Å². The number of hydrogen-bond donors (Lipinski definition) is 2. The largest absolute Gasteiger partial charge is 0.388 e. The van der Waals surface area contributed by atoms with E-state index in [0.717, 1.165) is 49.0 Å². The minimum absolute atomic E-state index is 0.131. The van der Waals surface area contributed by atoms with E-state index in [1.54, 1.807) is 12.1 Å². The molecule has 1 fully saturated rings. The molecule has 0 spiro atoms. The molecule has 4 rings (SSSR count). The predicted molar refractivity (Wildman–Crippen MR) is 130 cm³/mol. The minimum Gasteiger partial charge on any atom is -0.388 e. The second kappa shape index (κ2) is 9.72. The van der Waals surface area contributed by atoms with Crippen LogP contribution in [-0.4, -0.2) is 54.3 Å². The summed E-state index contributed by atoms with van der Waals surface area (Å²) in [5.41, 5.74) is 9.19. The van der Waals surface area contributed by atoms with Crippen molar-refractivity contribution in [2.24, 2.45) is 16.6 Å². The average molecular weight is 455 g/mol. The number of morpholine rings is 1. The van der Waals surface area contributed by atoms with E-state index >= 15 is 0 Å². The summed E-state index contributed by atoms with van der Waals surface area (Å²) in [6.07, 6.45) is 0. The smallest absolute Gasteiger partial charge is 0.182 e. The number of nitrogens with two attached hydrogens (primary N) is 2. The van der Waals surface area contributed by atoms with Crippen molar-refractivity contribution in [3.8, 4) is 0 Å². The molecule has 0 aliphatic carbocycles. The van der Waals surface area contributed by atoms with Crippen LogP contribution >= 0.6 is 0 Å². The predicted octanol–water partition coefficient (Wildman–Crippen LogP) is 2.20. The van der Waals surface area contributed by atoms with E-state index in [9.17, 15) is 4.21 Å². The quantitative estimate of drug-likeness (QED) is 0.668. The Labute approximate surface area is 191 Å². The van der Waals surface area contributed by atoms with Crippen LogP contribution in [-0.2, 0) is 15.5 Å². The number of hydrogen-bond acceptors (Lipinski definition) is 8. The number of benzene rings is 2. The normalized spacial score (nSPS) is 18.7. The Morgan fingerprint density at radius 2 is 1.81 bits per heavy atom. The number of aliphatic imine (C=N–C) groups is 1. The summed E-state index contributed by atoms with van der Waals surface area (Å²) in [5.74, 6) is 7.57. The van der Waals surface area contributed by atoms with E-state index in [1.165, 1.54) is 5.01 Å². The molecular weight excluding hydrogens is 424 g/mol. The van der Waals surface area contributed by atoms with Crippen molar-refractivity contribution >= 4 is 28.0 Å². The maximum Gasteiger partial charge on any atom is 0.182 e. The standard InChI is InChI=1S/C23H30N6O2S/c1-3-27(4-2)22-19-16-17(28-12-14-31-15-13-28)10-11-20(19)29(25)23(26-22)21(24)32(30)18-8-6-5-7-9-18/h5-11,16H,3-4,12-15,24-25H2,1-2H3/b23-21+. The maximum absolute atomic E-state index is 13.1. The molecule has 170 valence electrons. The molecule has 2 aliphatic heterocycles. The fourth-order valence-corrected chi connectivity index (χ4v) is 4.92. The zero-order valence-electron chi connectivity index (χ0n) is 18.5. The number of rotatable bonds is 5. The molecule has 4 N–H and O–H groups in total. The van der Waals surface area contributed by atoms with Gasteiger partial charge in [-0.2, -0.15) is 0 Å². The van der Waals surface area contributed by atoms with E-state index in [1.807, 2.05) is 24.3 Å². The molecule has 9 heteroatoms. The van der Waals surface area contributed by atoms with Crippen molar-refractivity contribution in [1.82, 2.24) is 4.90 Å². The van der Waals surface area contributed by atoms with Crippen LogP contribution in [0.4, 0.5) is 11.4 Å². The molecule has 1 atom stereocenters. The third-order valence-electron chi connectivity index (χ3n) is 5.74. The summed E-state index contributed by atoms with van der Waals surface area (Å²) in [7, 11) is -1.58. The first-order valence-electron chi connectivity index (χ1n) is 10.9. The highest BCUT2D eigenvalue weighted by atomic mass is 32.2. The van der Waals surface area contributed by atoms with Crippen LogP contribution in [0.15, 0.2) is 69.3 Å². The Morgan fingerprint density at radius 1 is 1.12 bits per heavy atom. The third-order valence-corrected chi connectivity index (χ3v) is 7.02. The molecule has 2 aliphatic rings. The molecule has 2 heterocycles. The molecule has 8 nitrogen and oxygen atoms in total. The summed E-state index contributed by atoms with van der Waals surface area (Å²) in [6.45, 7) is 8.83. The lowest BCUT2D eigenvalue weighted by Gasteiger charge is -2.35. The van der Waals surface area contributed by atoms with E-state index in [2.05, 4.69) is 35.8 Å². The number of nitrogens with zero attached hydrogens (tertiary/aromatic N) is 4. The van der Waals surface area contributed by atoms with Crippen LogP contribution < -0.4 is 21.5 Å². The Kier molecular flexibility index (Phi) is 6.78. The zero-order valence-corrected chi connectivity index (χ0v) is 19.3. The molecule has 1 unspecified atom stereocenters. The van der Waals surface area contributed by atoms with Gasteiger partial charge in [0.05, 0.1) is 18.9 Å². The van der Waals surface area contributed by atoms with Gasteiger partial charge in [-0.1, -0.05) is 18.2 Å². The summed E-state index contributed by atoms with van der Waals surface area (Å²) in [4.78, 5) is 9.91. The van der Waals surface area contributed by atoms with Gasteiger partial charge in [0.25, 0.3) is 0 Å². The second-order valence-corrected chi connectivity index (χ2v) is 9.00. The number of hydrazine groups is 1. The van der Waals surface area contributed by atoms with Crippen molar-refractivity contribution in [2.45, 2.75) is 18.7 Å². The van der Waals surface area contributed by atoms with Crippen LogP contribution in [0.25, 0.3) is 0 Å². The van der Waals surface area contributed by atoms with Crippen LogP contribution in [0.2, 0.25) is 0 Å². The lowest BCUT2D eigenvalue weighted by atomic mass is 10.1. The van der Waals surface area contributed by atoms with Gasteiger partial charge in [0.2, 0.25) is 0 Å². The van der Waals surface area contributed by atoms with Gasteiger partial charge in [-0.05, 0) is 44.2 Å². The second-order valence-electron chi connectivity index (χ2n) is 7.55. The molecule has 32 heavy (non-hydrogen) atoms. The van der Waals surface area contributed by atoms with Gasteiger partial charge >= 0.3 is 0 Å². The van der Waals surface area contributed by atoms with Crippen LogP contribution in [0.1, 0.15) is 19.4 Å². The molecule has 2 aromatic rings. The van der Waals surface area contributed by atoms with Gasteiger partial charge in [0.1, 0.15) is 21.7 Å². The van der Waals surface area contributed by atoms with Gasteiger partial charge in [0.15, 0.2) is 5.82 Å². The first-order chi connectivity index (χ1) is 15.5. The van der Waals surface area contributed by atoms with E-state index < -0.39 is 10.8 Å². The van der Waals surface area contributed by atoms with E-state index in [4.69, 9.17) is 21.3 Å². The van der Waals surface area contributed by atoms with Crippen LogP contribution in [0, 0.1) is 0 Å². The van der Waals surface area contributed by atoms with Gasteiger partial charge in [-0.15, -0.1) is 0 Å². The summed E-state index contributed by atoms with van der Waals surface area (Å²) >= 11 is 0. The monoisotopic (exact) mass is 454 g/mol. The SMILES string of the molecule is CCN(CC)C1=N/C(=C(/N)S(=O)c2ccccc2)N(N)c2ccc(N3CCOCC3)cc21. The van der Waals surface area contributed by atoms with Crippen molar-refractivity contribution in [3.63, 3.8) is 0 Å². The highest BCUT2D eigenvalue weighted by Gasteiger charge is 2.29. The molecule has 0 amide bonds. The summed E-state index contributed by atoms with van der Waals surface area (Å²) in [6, 6.07) is 15.3. The highest BCUT2D eigenvalue weighted by Crippen LogP contribution is 2.34. The van der Waals surface area contributed by atoms with Gasteiger partial charge in [-0.3, -0.25) is 5.01 Å². The van der Waals surface area contributed by atoms with E-state index in [0.29, 0.717) is 23.9 Å². The fraction of sp³-hybridized carbons (Fsp3) is 0.348. The maximum atomic E-state index is 13.1. The van der Waals surface area contributed by atoms with Crippen LogP contribution in [0.3, 0.4) is 0 Å². The number of amidine groups is 1. The Hall–Kier alpha value is -2.88. The molecule has 0 bridgehead atoms. The van der Waals surface area contributed by atoms with Gasteiger partial charge in [-0.25, -0.2) is 15.0 Å². The molecule has 2 aromatic carbocycles. The first kappa shape index (κ1) is 22.3. The van der Waals surface area contributed by atoms with Crippen molar-refractivity contribution in [2.75, 3.05) is 49.3 Å². The molecule has 0 aromatic heterocycles. The summed E-state index contributed by atoms with van der Waals surface area (Å²) in [5, 5.41) is 1.58. The van der Waals surface area contributed by atoms with Gasteiger partial charge < -0.3 is 20.3 Å². The lowest BCUT2D eigenvalue weighted by Crippen LogP contribution is -2.42. The average Bonchev–Trinajstić information content (AvgIpc) is 2.86. The Balaban J connectivity index is 1.81. The Bertz CT molecular complexity index is 1050. The number of fused-ring (bicyclic) bond motifs is 1. The minimum atomic E-state index is -1.58.